The molecule has 0 heterocycles. The van der Waals surface area contributed by atoms with Gasteiger partial charge in [-0.2, -0.15) is 0 Å². The maximum Gasteiger partial charge on any atom is -0.0109 e. The molecular weight excluding hydrogens is 168 g/mol. The van der Waals surface area contributed by atoms with Crippen molar-refractivity contribution in [2.75, 3.05) is 0 Å². The zero-order valence-corrected chi connectivity index (χ0v) is 9.29. The standard InChI is InChI=1S/C14H20/c1-4-11-14(3,5-2)12-13-9-7-6-8-10-13/h5-10H,2,4,11-12H2,1,3H3. The Morgan fingerprint density at radius 2 is 1.93 bits per heavy atom. The summed E-state index contributed by atoms with van der Waals surface area (Å²) >= 11 is 0. The maximum absolute atomic E-state index is 3.95. The molecule has 0 aliphatic heterocycles. The van der Waals surface area contributed by atoms with Crippen LogP contribution < -0.4 is 0 Å². The molecule has 1 aromatic rings. The van der Waals surface area contributed by atoms with Gasteiger partial charge in [-0.15, -0.1) is 6.58 Å². The summed E-state index contributed by atoms with van der Waals surface area (Å²) in [6.07, 6.45) is 5.63. The second-order valence-corrected chi connectivity index (χ2v) is 4.27. The van der Waals surface area contributed by atoms with Crippen molar-refractivity contribution in [2.45, 2.75) is 33.1 Å². The van der Waals surface area contributed by atoms with Gasteiger partial charge in [0.1, 0.15) is 0 Å². The predicted octanol–water partition coefficient (Wildman–Crippen LogP) is 4.22. The molecule has 0 radical (unpaired) electrons. The quantitative estimate of drug-likeness (QED) is 0.607. The average Bonchev–Trinajstić information content (AvgIpc) is 2.20. The Morgan fingerprint density at radius 3 is 2.43 bits per heavy atom. The summed E-state index contributed by atoms with van der Waals surface area (Å²) in [5, 5.41) is 0. The summed E-state index contributed by atoms with van der Waals surface area (Å²) in [5.74, 6) is 0. The van der Waals surface area contributed by atoms with Gasteiger partial charge >= 0.3 is 0 Å². The van der Waals surface area contributed by atoms with E-state index in [2.05, 4.69) is 56.8 Å². The SMILES string of the molecule is C=CC(C)(CCC)Cc1ccccc1. The minimum atomic E-state index is 0.260. The Kier molecular flexibility index (Phi) is 3.94. The third kappa shape index (κ3) is 3.02. The normalized spacial score (nSPS) is 14.7. The van der Waals surface area contributed by atoms with Crippen LogP contribution in [-0.2, 0) is 6.42 Å². The molecule has 1 aromatic carbocycles. The molecule has 14 heavy (non-hydrogen) atoms. The van der Waals surface area contributed by atoms with Crippen LogP contribution in [0.3, 0.4) is 0 Å². The molecule has 76 valence electrons. The first-order chi connectivity index (χ1) is 6.70. The summed E-state index contributed by atoms with van der Waals surface area (Å²) in [6.45, 7) is 8.46. The number of rotatable bonds is 5. The summed E-state index contributed by atoms with van der Waals surface area (Å²) in [4.78, 5) is 0. The molecular formula is C14H20. The van der Waals surface area contributed by atoms with Crippen molar-refractivity contribution >= 4 is 0 Å². The average molecular weight is 188 g/mol. The van der Waals surface area contributed by atoms with Gasteiger partial charge in [-0.1, -0.05) is 56.7 Å². The highest BCUT2D eigenvalue weighted by molar-refractivity contribution is 5.17. The number of allylic oxidation sites excluding steroid dienone is 1. The van der Waals surface area contributed by atoms with Crippen LogP contribution in [0.1, 0.15) is 32.3 Å². The van der Waals surface area contributed by atoms with Crippen LogP contribution >= 0.6 is 0 Å². The van der Waals surface area contributed by atoms with Crippen LogP contribution in [0.2, 0.25) is 0 Å². The molecule has 0 aliphatic rings. The molecule has 0 aliphatic carbocycles. The molecule has 0 fully saturated rings. The first-order valence-corrected chi connectivity index (χ1v) is 5.38. The van der Waals surface area contributed by atoms with E-state index in [1.54, 1.807) is 0 Å². The van der Waals surface area contributed by atoms with E-state index in [-0.39, 0.29) is 5.41 Å². The van der Waals surface area contributed by atoms with Crippen LogP contribution in [0.4, 0.5) is 0 Å². The highest BCUT2D eigenvalue weighted by Gasteiger charge is 2.19. The Morgan fingerprint density at radius 1 is 1.29 bits per heavy atom. The second kappa shape index (κ2) is 4.99. The number of hydrogen-bond acceptors (Lipinski definition) is 0. The lowest BCUT2D eigenvalue weighted by Crippen LogP contribution is -2.15. The van der Waals surface area contributed by atoms with Crippen molar-refractivity contribution in [1.29, 1.82) is 0 Å². The molecule has 1 unspecified atom stereocenters. The number of benzene rings is 1. The largest absolute Gasteiger partial charge is 0.103 e. The smallest absolute Gasteiger partial charge is 0.0109 e. The van der Waals surface area contributed by atoms with Gasteiger partial charge in [0.2, 0.25) is 0 Å². The molecule has 0 amide bonds. The highest BCUT2D eigenvalue weighted by Crippen LogP contribution is 2.29. The molecule has 0 saturated carbocycles. The molecule has 0 saturated heterocycles. The van der Waals surface area contributed by atoms with Crippen molar-refractivity contribution < 1.29 is 0 Å². The van der Waals surface area contributed by atoms with Crippen LogP contribution in [0.15, 0.2) is 43.0 Å². The van der Waals surface area contributed by atoms with Gasteiger partial charge in [-0.05, 0) is 23.8 Å². The van der Waals surface area contributed by atoms with Crippen LogP contribution in [-0.4, -0.2) is 0 Å². The maximum atomic E-state index is 3.95. The fourth-order valence-electron chi connectivity index (χ4n) is 1.90. The highest BCUT2D eigenvalue weighted by atomic mass is 14.2. The van der Waals surface area contributed by atoms with E-state index in [0.717, 1.165) is 6.42 Å². The van der Waals surface area contributed by atoms with E-state index in [9.17, 15) is 0 Å². The molecule has 0 heteroatoms. The summed E-state index contributed by atoms with van der Waals surface area (Å²) in [5.41, 5.74) is 1.67. The topological polar surface area (TPSA) is 0 Å². The van der Waals surface area contributed by atoms with Crippen molar-refractivity contribution in [1.82, 2.24) is 0 Å². The Labute approximate surface area is 87.7 Å². The van der Waals surface area contributed by atoms with E-state index < -0.39 is 0 Å². The van der Waals surface area contributed by atoms with E-state index in [1.807, 2.05) is 0 Å². The van der Waals surface area contributed by atoms with E-state index >= 15 is 0 Å². The number of hydrogen-bond donors (Lipinski definition) is 0. The second-order valence-electron chi connectivity index (χ2n) is 4.27. The fraction of sp³-hybridized carbons (Fsp3) is 0.429. The van der Waals surface area contributed by atoms with E-state index in [1.165, 1.54) is 18.4 Å². The Hall–Kier alpha value is -1.04. The van der Waals surface area contributed by atoms with E-state index in [4.69, 9.17) is 0 Å². The zero-order chi connectivity index (χ0) is 10.4. The lowest BCUT2D eigenvalue weighted by molar-refractivity contribution is 0.385. The molecule has 0 spiro atoms. The summed E-state index contributed by atoms with van der Waals surface area (Å²) in [6, 6.07) is 10.7. The van der Waals surface area contributed by atoms with Gasteiger partial charge in [-0.25, -0.2) is 0 Å². The Bertz CT molecular complexity index is 273. The molecule has 1 rings (SSSR count). The molecule has 0 N–H and O–H groups in total. The van der Waals surface area contributed by atoms with Gasteiger partial charge in [0.25, 0.3) is 0 Å². The third-order valence-electron chi connectivity index (χ3n) is 2.76. The monoisotopic (exact) mass is 188 g/mol. The van der Waals surface area contributed by atoms with Gasteiger partial charge in [0.15, 0.2) is 0 Å². The van der Waals surface area contributed by atoms with Gasteiger partial charge in [0.05, 0.1) is 0 Å². The van der Waals surface area contributed by atoms with Crippen LogP contribution in [0.5, 0.6) is 0 Å². The van der Waals surface area contributed by atoms with Crippen molar-refractivity contribution in [3.8, 4) is 0 Å². The summed E-state index contributed by atoms with van der Waals surface area (Å²) < 4.78 is 0. The minimum Gasteiger partial charge on any atom is -0.103 e. The first-order valence-electron chi connectivity index (χ1n) is 5.38. The van der Waals surface area contributed by atoms with Crippen molar-refractivity contribution in [2.24, 2.45) is 5.41 Å². The first kappa shape index (κ1) is 11.0. The zero-order valence-electron chi connectivity index (χ0n) is 9.29. The lowest BCUT2D eigenvalue weighted by Gasteiger charge is -2.25. The molecule has 1 atom stereocenters. The minimum absolute atomic E-state index is 0.260. The molecule has 0 nitrogen and oxygen atoms in total. The lowest BCUT2D eigenvalue weighted by atomic mass is 9.80. The fourth-order valence-corrected chi connectivity index (χ4v) is 1.90. The van der Waals surface area contributed by atoms with Gasteiger partial charge in [-0.3, -0.25) is 0 Å². The van der Waals surface area contributed by atoms with Crippen LogP contribution in [0, 0.1) is 5.41 Å². The van der Waals surface area contributed by atoms with Crippen LogP contribution in [0.25, 0.3) is 0 Å². The van der Waals surface area contributed by atoms with Gasteiger partial charge in [0, 0.05) is 0 Å². The van der Waals surface area contributed by atoms with Crippen molar-refractivity contribution in [3.05, 3.63) is 48.6 Å². The third-order valence-corrected chi connectivity index (χ3v) is 2.76. The molecule has 0 bridgehead atoms. The predicted molar refractivity (Wildman–Crippen MR) is 63.4 cm³/mol. The summed E-state index contributed by atoms with van der Waals surface area (Å²) in [7, 11) is 0. The Balaban J connectivity index is 2.70. The van der Waals surface area contributed by atoms with Gasteiger partial charge < -0.3 is 0 Å². The van der Waals surface area contributed by atoms with E-state index in [0.29, 0.717) is 0 Å². The molecule has 0 aromatic heterocycles. The van der Waals surface area contributed by atoms with Crippen molar-refractivity contribution in [3.63, 3.8) is 0 Å².